The lowest BCUT2D eigenvalue weighted by Gasteiger charge is -2.05. The lowest BCUT2D eigenvalue weighted by molar-refractivity contribution is -0.384. The number of nitro groups is 1. The van der Waals surface area contributed by atoms with Gasteiger partial charge in [0.2, 0.25) is 16.9 Å². The van der Waals surface area contributed by atoms with E-state index in [4.69, 9.17) is 21.9 Å². The number of furan rings is 1. The maximum absolute atomic E-state index is 12.0. The molecule has 12 heteroatoms. The predicted molar refractivity (Wildman–Crippen MR) is 95.3 cm³/mol. The van der Waals surface area contributed by atoms with Crippen LogP contribution in [0.3, 0.4) is 0 Å². The summed E-state index contributed by atoms with van der Waals surface area (Å²) in [7, 11) is 0. The number of nitrogens with two attached hydrogens (primary N) is 1. The van der Waals surface area contributed by atoms with E-state index >= 15 is 0 Å². The molecule has 2 heterocycles. The molecule has 0 saturated carbocycles. The number of anilines is 1. The number of carbonyl (C=O) groups is 1. The zero-order chi connectivity index (χ0) is 18.7. The first-order valence-corrected chi connectivity index (χ1v) is 8.43. The van der Waals surface area contributed by atoms with Gasteiger partial charge in [-0.05, 0) is 24.3 Å². The maximum atomic E-state index is 12.0. The number of benzene rings is 1. The Labute approximate surface area is 155 Å². The second kappa shape index (κ2) is 7.45. The van der Waals surface area contributed by atoms with Gasteiger partial charge in [0.1, 0.15) is 5.02 Å². The zero-order valence-electron chi connectivity index (χ0n) is 13.0. The largest absolute Gasteiger partial charge is 0.461 e. The van der Waals surface area contributed by atoms with Gasteiger partial charge >= 0.3 is 0 Å². The van der Waals surface area contributed by atoms with Crippen LogP contribution >= 0.6 is 23.4 Å². The number of nitrogen functional groups attached to an aromatic ring is 1. The van der Waals surface area contributed by atoms with Crippen molar-refractivity contribution in [2.75, 3.05) is 16.9 Å². The quantitative estimate of drug-likeness (QED) is 0.281. The average molecular weight is 395 g/mol. The molecule has 3 N–H and O–H groups in total. The van der Waals surface area contributed by atoms with E-state index in [1.165, 1.54) is 29.1 Å². The molecule has 0 atom stereocenters. The van der Waals surface area contributed by atoms with E-state index in [2.05, 4.69) is 15.5 Å². The Bertz CT molecular complexity index is 959. The van der Waals surface area contributed by atoms with Crippen LogP contribution < -0.4 is 11.2 Å². The molecule has 1 aromatic carbocycles. The van der Waals surface area contributed by atoms with E-state index in [0.717, 1.165) is 11.8 Å². The average Bonchev–Trinajstić information content (AvgIpc) is 3.24. The highest BCUT2D eigenvalue weighted by molar-refractivity contribution is 7.99. The summed E-state index contributed by atoms with van der Waals surface area (Å²) in [6, 6.07) is 7.37. The maximum Gasteiger partial charge on any atom is 0.289 e. The third-order valence-electron chi connectivity index (χ3n) is 3.17. The Morgan fingerprint density at radius 3 is 2.92 bits per heavy atom. The second-order valence-corrected chi connectivity index (χ2v) is 6.26. The van der Waals surface area contributed by atoms with E-state index < -0.39 is 10.8 Å². The molecular formula is C14H11ClN6O4S. The van der Waals surface area contributed by atoms with Gasteiger partial charge in [-0.25, -0.2) is 4.68 Å². The SMILES string of the molecule is Nn1c(SCC(=O)Nc2ccc(Cl)c([N+](=O)[O-])c2)nnc1-c1ccco1. The number of nitro benzene ring substituents is 1. The van der Waals surface area contributed by atoms with Gasteiger partial charge in [-0.1, -0.05) is 23.4 Å². The predicted octanol–water partition coefficient (Wildman–Crippen LogP) is 2.54. The third-order valence-corrected chi connectivity index (χ3v) is 4.43. The molecule has 0 aliphatic heterocycles. The fourth-order valence-electron chi connectivity index (χ4n) is 2.01. The molecule has 2 aromatic heterocycles. The summed E-state index contributed by atoms with van der Waals surface area (Å²) in [6.07, 6.45) is 1.48. The Morgan fingerprint density at radius 1 is 1.42 bits per heavy atom. The van der Waals surface area contributed by atoms with Crippen molar-refractivity contribution in [3.05, 3.63) is 51.7 Å². The van der Waals surface area contributed by atoms with Gasteiger partial charge in [-0.3, -0.25) is 14.9 Å². The smallest absolute Gasteiger partial charge is 0.289 e. The standard InChI is InChI=1S/C14H11ClN6O4S/c15-9-4-3-8(6-10(9)21(23)24)17-12(22)7-26-14-19-18-13(20(14)16)11-2-1-5-25-11/h1-6H,7,16H2,(H,17,22). The minimum absolute atomic E-state index is 0.0101. The van der Waals surface area contributed by atoms with Gasteiger partial charge in [-0.2, -0.15) is 0 Å². The van der Waals surface area contributed by atoms with E-state index in [1.54, 1.807) is 12.1 Å². The van der Waals surface area contributed by atoms with Crippen molar-refractivity contribution in [3.8, 4) is 11.6 Å². The molecule has 10 nitrogen and oxygen atoms in total. The second-order valence-electron chi connectivity index (χ2n) is 4.91. The first kappa shape index (κ1) is 17.8. The van der Waals surface area contributed by atoms with Crippen molar-refractivity contribution < 1.29 is 14.1 Å². The van der Waals surface area contributed by atoms with Crippen molar-refractivity contribution in [3.63, 3.8) is 0 Å². The van der Waals surface area contributed by atoms with Crippen LogP contribution in [-0.2, 0) is 4.79 Å². The highest BCUT2D eigenvalue weighted by Crippen LogP contribution is 2.27. The van der Waals surface area contributed by atoms with Gasteiger partial charge < -0.3 is 15.6 Å². The molecule has 0 aliphatic rings. The monoisotopic (exact) mass is 394 g/mol. The summed E-state index contributed by atoms with van der Waals surface area (Å²) in [4.78, 5) is 22.3. The van der Waals surface area contributed by atoms with Crippen molar-refractivity contribution in [2.45, 2.75) is 5.16 Å². The van der Waals surface area contributed by atoms with E-state index in [1.807, 2.05) is 0 Å². The molecule has 0 fully saturated rings. The molecule has 3 aromatic rings. The Balaban J connectivity index is 1.63. The summed E-state index contributed by atoms with van der Waals surface area (Å²) in [5, 5.41) is 21.5. The van der Waals surface area contributed by atoms with Gasteiger partial charge in [0.05, 0.1) is 16.9 Å². The molecule has 0 bridgehead atoms. The number of hydrogen-bond donors (Lipinski definition) is 2. The fraction of sp³-hybridized carbons (Fsp3) is 0.0714. The van der Waals surface area contributed by atoms with Crippen LogP contribution in [-0.4, -0.2) is 31.5 Å². The zero-order valence-corrected chi connectivity index (χ0v) is 14.5. The van der Waals surface area contributed by atoms with Crippen LogP contribution in [0.2, 0.25) is 5.02 Å². The van der Waals surface area contributed by atoms with Crippen molar-refractivity contribution in [1.29, 1.82) is 0 Å². The van der Waals surface area contributed by atoms with Gasteiger partial charge in [0.25, 0.3) is 5.69 Å². The lowest BCUT2D eigenvalue weighted by Crippen LogP contribution is -2.16. The highest BCUT2D eigenvalue weighted by atomic mass is 35.5. The minimum atomic E-state index is -0.625. The number of thioether (sulfide) groups is 1. The molecule has 0 unspecified atom stereocenters. The van der Waals surface area contributed by atoms with Crippen molar-refractivity contribution in [1.82, 2.24) is 14.9 Å². The van der Waals surface area contributed by atoms with Crippen molar-refractivity contribution in [2.24, 2.45) is 0 Å². The van der Waals surface area contributed by atoms with Crippen LogP contribution in [0, 0.1) is 10.1 Å². The van der Waals surface area contributed by atoms with E-state index in [9.17, 15) is 14.9 Å². The minimum Gasteiger partial charge on any atom is -0.461 e. The number of aromatic nitrogens is 3. The third kappa shape index (κ3) is 3.78. The number of rotatable bonds is 6. The number of carbonyl (C=O) groups excluding carboxylic acids is 1. The van der Waals surface area contributed by atoms with Crippen LogP contribution in [0.4, 0.5) is 11.4 Å². The Hall–Kier alpha value is -3.05. The van der Waals surface area contributed by atoms with Crippen LogP contribution in [0.25, 0.3) is 11.6 Å². The molecule has 0 aliphatic carbocycles. The molecule has 0 radical (unpaired) electrons. The van der Waals surface area contributed by atoms with E-state index in [-0.39, 0.29) is 22.2 Å². The van der Waals surface area contributed by atoms with Crippen molar-refractivity contribution >= 4 is 40.6 Å². The molecule has 3 rings (SSSR count). The number of halogens is 1. The first-order valence-electron chi connectivity index (χ1n) is 7.06. The molecule has 26 heavy (non-hydrogen) atoms. The van der Waals surface area contributed by atoms with Gasteiger partial charge in [0, 0.05) is 11.8 Å². The van der Waals surface area contributed by atoms with Crippen LogP contribution in [0.5, 0.6) is 0 Å². The van der Waals surface area contributed by atoms with E-state index in [0.29, 0.717) is 16.7 Å². The molecule has 0 saturated heterocycles. The normalized spacial score (nSPS) is 10.7. The highest BCUT2D eigenvalue weighted by Gasteiger charge is 2.17. The summed E-state index contributed by atoms with van der Waals surface area (Å²) in [6.45, 7) is 0. The van der Waals surface area contributed by atoms with Gasteiger partial charge in [-0.15, -0.1) is 10.2 Å². The van der Waals surface area contributed by atoms with Crippen LogP contribution in [0.1, 0.15) is 0 Å². The number of amides is 1. The summed E-state index contributed by atoms with van der Waals surface area (Å²) >= 11 is 6.79. The van der Waals surface area contributed by atoms with Gasteiger partial charge in [0.15, 0.2) is 5.76 Å². The Kier molecular flexibility index (Phi) is 5.09. The summed E-state index contributed by atoms with van der Waals surface area (Å²) in [5.41, 5.74) is -0.0286. The molecule has 0 spiro atoms. The summed E-state index contributed by atoms with van der Waals surface area (Å²) in [5.74, 6) is 6.25. The first-order chi connectivity index (χ1) is 12.5. The topological polar surface area (TPSA) is 142 Å². The Morgan fingerprint density at radius 2 is 2.23 bits per heavy atom. The molecular weight excluding hydrogens is 384 g/mol. The lowest BCUT2D eigenvalue weighted by atomic mass is 10.3. The number of nitrogens with one attached hydrogen (secondary N) is 1. The molecule has 1 amide bonds. The number of hydrogen-bond acceptors (Lipinski definition) is 8. The number of nitrogens with zero attached hydrogens (tertiary/aromatic N) is 4. The summed E-state index contributed by atoms with van der Waals surface area (Å²) < 4.78 is 6.41. The fourth-order valence-corrected chi connectivity index (χ4v) is 2.85. The van der Waals surface area contributed by atoms with Crippen LogP contribution in [0.15, 0.2) is 46.2 Å². The molecule has 134 valence electrons.